The molecule has 0 bridgehead atoms. The second kappa shape index (κ2) is 5.65. The Balaban J connectivity index is 2.49. The van der Waals surface area contributed by atoms with Gasteiger partial charge in [0, 0.05) is 17.3 Å². The van der Waals surface area contributed by atoms with Crippen molar-refractivity contribution in [3.63, 3.8) is 0 Å². The Kier molecular flexibility index (Phi) is 4.46. The molecular formula is C10H13NO2S. The normalized spacial score (nSPS) is 12.1. The molecule has 0 spiro atoms. The number of rotatable bonds is 4. The maximum absolute atomic E-state index is 11.3. The quantitative estimate of drug-likeness (QED) is 0.565. The van der Waals surface area contributed by atoms with Crippen molar-refractivity contribution in [3.8, 4) is 0 Å². The van der Waals surface area contributed by atoms with Crippen molar-refractivity contribution in [2.45, 2.75) is 24.0 Å². The number of ether oxygens (including phenoxy) is 1. The van der Waals surface area contributed by atoms with Crippen LogP contribution >= 0.6 is 11.8 Å². The fraction of sp³-hybridized carbons (Fsp3) is 0.400. The second-order valence-corrected chi connectivity index (χ2v) is 4.11. The predicted octanol–water partition coefficient (Wildman–Crippen LogP) is 2.13. The molecule has 0 amide bonds. The lowest BCUT2D eigenvalue weighted by atomic mass is 10.5. The van der Waals surface area contributed by atoms with Crippen LogP contribution in [0.3, 0.4) is 0 Å². The van der Waals surface area contributed by atoms with Gasteiger partial charge in [-0.25, -0.2) is 0 Å². The summed E-state index contributed by atoms with van der Waals surface area (Å²) in [5.41, 5.74) is 0. The van der Waals surface area contributed by atoms with E-state index in [-0.39, 0.29) is 11.2 Å². The number of esters is 1. The summed E-state index contributed by atoms with van der Waals surface area (Å²) in [5, 5.41) is -0.169. The fourth-order valence-corrected chi connectivity index (χ4v) is 1.78. The first kappa shape index (κ1) is 11.0. The lowest BCUT2D eigenvalue weighted by Gasteiger charge is -2.09. The summed E-state index contributed by atoms with van der Waals surface area (Å²) in [6.45, 7) is 4.07. The van der Waals surface area contributed by atoms with Crippen LogP contribution < -0.4 is 0 Å². The number of hydrogen-bond donors (Lipinski definition) is 0. The minimum atomic E-state index is -0.172. The maximum Gasteiger partial charge on any atom is 0.319 e. The van der Waals surface area contributed by atoms with Crippen molar-refractivity contribution in [2.24, 2.45) is 0 Å². The van der Waals surface area contributed by atoms with E-state index >= 15 is 0 Å². The van der Waals surface area contributed by atoms with Crippen LogP contribution in [0.1, 0.15) is 13.8 Å². The number of carbonyl (C=O) groups excluding carboxylic acids is 1. The molecule has 1 aromatic rings. The lowest BCUT2D eigenvalue weighted by molar-refractivity contribution is -0.142. The molecule has 0 aliphatic heterocycles. The fourth-order valence-electron chi connectivity index (χ4n) is 0.929. The van der Waals surface area contributed by atoms with Gasteiger partial charge < -0.3 is 4.74 Å². The molecule has 14 heavy (non-hydrogen) atoms. The molecule has 1 rings (SSSR count). The highest BCUT2D eigenvalue weighted by Crippen LogP contribution is 2.22. The smallest absolute Gasteiger partial charge is 0.319 e. The zero-order valence-electron chi connectivity index (χ0n) is 8.27. The monoisotopic (exact) mass is 211 g/mol. The van der Waals surface area contributed by atoms with Gasteiger partial charge in [-0.2, -0.15) is 0 Å². The zero-order chi connectivity index (χ0) is 10.4. The summed E-state index contributed by atoms with van der Waals surface area (Å²) in [6.07, 6.45) is 3.42. The van der Waals surface area contributed by atoms with E-state index in [1.807, 2.05) is 26.0 Å². The summed E-state index contributed by atoms with van der Waals surface area (Å²) < 4.78 is 4.90. The van der Waals surface area contributed by atoms with E-state index in [4.69, 9.17) is 4.74 Å². The van der Waals surface area contributed by atoms with Gasteiger partial charge in [0.1, 0.15) is 5.25 Å². The van der Waals surface area contributed by atoms with Crippen molar-refractivity contribution in [1.82, 2.24) is 4.98 Å². The van der Waals surface area contributed by atoms with Crippen LogP contribution in [-0.4, -0.2) is 22.8 Å². The molecule has 0 saturated heterocycles. The lowest BCUT2D eigenvalue weighted by Crippen LogP contribution is -2.16. The number of thioether (sulfide) groups is 1. The third-order valence-electron chi connectivity index (χ3n) is 1.58. The van der Waals surface area contributed by atoms with Crippen molar-refractivity contribution in [2.75, 3.05) is 6.61 Å². The Morgan fingerprint density at radius 3 is 2.79 bits per heavy atom. The predicted molar refractivity (Wildman–Crippen MR) is 56.2 cm³/mol. The molecule has 1 heterocycles. The summed E-state index contributed by atoms with van der Waals surface area (Å²) >= 11 is 1.48. The van der Waals surface area contributed by atoms with Crippen molar-refractivity contribution < 1.29 is 9.53 Å². The van der Waals surface area contributed by atoms with Crippen molar-refractivity contribution in [3.05, 3.63) is 24.5 Å². The summed E-state index contributed by atoms with van der Waals surface area (Å²) in [4.78, 5) is 16.2. The van der Waals surface area contributed by atoms with Gasteiger partial charge in [-0.05, 0) is 26.0 Å². The topological polar surface area (TPSA) is 39.2 Å². The molecule has 1 unspecified atom stereocenters. The van der Waals surface area contributed by atoms with E-state index in [1.54, 1.807) is 12.4 Å². The highest BCUT2D eigenvalue weighted by atomic mass is 32.2. The number of pyridine rings is 1. The van der Waals surface area contributed by atoms with Gasteiger partial charge >= 0.3 is 5.97 Å². The Bertz CT molecular complexity index is 289. The molecule has 0 radical (unpaired) electrons. The zero-order valence-corrected chi connectivity index (χ0v) is 9.08. The molecule has 0 aliphatic carbocycles. The molecule has 3 nitrogen and oxygen atoms in total. The average Bonchev–Trinajstić information content (AvgIpc) is 2.19. The molecule has 0 N–H and O–H groups in total. The Morgan fingerprint density at radius 1 is 1.57 bits per heavy atom. The van der Waals surface area contributed by atoms with Gasteiger partial charge in [-0.15, -0.1) is 11.8 Å². The SMILES string of the molecule is CCOC(=O)C(C)Sc1ccncc1. The molecule has 1 atom stereocenters. The van der Waals surface area contributed by atoms with E-state index in [1.165, 1.54) is 11.8 Å². The maximum atomic E-state index is 11.3. The van der Waals surface area contributed by atoms with E-state index in [0.29, 0.717) is 6.61 Å². The third-order valence-corrected chi connectivity index (χ3v) is 2.67. The van der Waals surface area contributed by atoms with E-state index < -0.39 is 0 Å². The van der Waals surface area contributed by atoms with Gasteiger partial charge in [-0.3, -0.25) is 9.78 Å². The Hall–Kier alpha value is -1.03. The average molecular weight is 211 g/mol. The van der Waals surface area contributed by atoms with Crippen LogP contribution in [0, 0.1) is 0 Å². The molecule has 76 valence electrons. The first-order valence-corrected chi connectivity index (χ1v) is 5.35. The van der Waals surface area contributed by atoms with Crippen molar-refractivity contribution in [1.29, 1.82) is 0 Å². The van der Waals surface area contributed by atoms with Crippen LogP contribution in [0.4, 0.5) is 0 Å². The Labute approximate surface area is 87.9 Å². The van der Waals surface area contributed by atoms with Crippen LogP contribution in [0.2, 0.25) is 0 Å². The van der Waals surface area contributed by atoms with Gasteiger partial charge in [0.05, 0.1) is 6.61 Å². The summed E-state index contributed by atoms with van der Waals surface area (Å²) in [5.74, 6) is -0.172. The van der Waals surface area contributed by atoms with Crippen LogP contribution in [0.5, 0.6) is 0 Å². The molecule has 0 fully saturated rings. The molecular weight excluding hydrogens is 198 g/mol. The summed E-state index contributed by atoms with van der Waals surface area (Å²) in [6, 6.07) is 3.75. The van der Waals surface area contributed by atoms with E-state index in [9.17, 15) is 4.79 Å². The number of aromatic nitrogens is 1. The minimum Gasteiger partial charge on any atom is -0.465 e. The van der Waals surface area contributed by atoms with Crippen LogP contribution in [0.15, 0.2) is 29.4 Å². The molecule has 1 aromatic heterocycles. The van der Waals surface area contributed by atoms with Gasteiger partial charge in [0.2, 0.25) is 0 Å². The number of hydrogen-bond acceptors (Lipinski definition) is 4. The first-order chi connectivity index (χ1) is 6.74. The number of carbonyl (C=O) groups is 1. The Morgan fingerprint density at radius 2 is 2.21 bits per heavy atom. The van der Waals surface area contributed by atoms with Gasteiger partial charge in [-0.1, -0.05) is 0 Å². The van der Waals surface area contributed by atoms with Crippen molar-refractivity contribution >= 4 is 17.7 Å². The third kappa shape index (κ3) is 3.38. The van der Waals surface area contributed by atoms with Gasteiger partial charge in [0.25, 0.3) is 0 Å². The van der Waals surface area contributed by atoms with Crippen LogP contribution in [-0.2, 0) is 9.53 Å². The minimum absolute atomic E-state index is 0.169. The molecule has 4 heteroatoms. The highest BCUT2D eigenvalue weighted by molar-refractivity contribution is 8.00. The molecule has 0 saturated carbocycles. The first-order valence-electron chi connectivity index (χ1n) is 4.47. The highest BCUT2D eigenvalue weighted by Gasteiger charge is 2.14. The van der Waals surface area contributed by atoms with Gasteiger partial charge in [0.15, 0.2) is 0 Å². The molecule has 0 aromatic carbocycles. The summed E-state index contributed by atoms with van der Waals surface area (Å²) in [7, 11) is 0. The van der Waals surface area contributed by atoms with Crippen LogP contribution in [0.25, 0.3) is 0 Å². The van der Waals surface area contributed by atoms with E-state index in [0.717, 1.165) is 4.90 Å². The standard InChI is InChI=1S/C10H13NO2S/c1-3-13-10(12)8(2)14-9-4-6-11-7-5-9/h4-8H,3H2,1-2H3. The molecule has 0 aliphatic rings. The number of nitrogens with zero attached hydrogens (tertiary/aromatic N) is 1. The van der Waals surface area contributed by atoms with E-state index in [2.05, 4.69) is 4.98 Å². The largest absolute Gasteiger partial charge is 0.465 e. The second-order valence-electron chi connectivity index (χ2n) is 2.70.